The first-order chi connectivity index (χ1) is 11.7. The van der Waals surface area contributed by atoms with Crippen molar-refractivity contribution in [1.82, 2.24) is 4.57 Å². The van der Waals surface area contributed by atoms with E-state index in [2.05, 4.69) is 9.47 Å². The highest BCUT2D eigenvalue weighted by atomic mass is 35.5. The lowest BCUT2D eigenvalue weighted by Crippen LogP contribution is -2.47. The Hall–Kier alpha value is -2.40. The van der Waals surface area contributed by atoms with E-state index in [0.717, 1.165) is 41.2 Å². The van der Waals surface area contributed by atoms with Crippen molar-refractivity contribution >= 4 is 28.2 Å². The smallest absolute Gasteiger partial charge is 0.231 e. The summed E-state index contributed by atoms with van der Waals surface area (Å²) in [6, 6.07) is 11.1. The van der Waals surface area contributed by atoms with Crippen LogP contribution in [0.2, 0.25) is 5.02 Å². The fraction of sp³-hybridized carbons (Fsp3) is 0.222. The molecule has 2 aliphatic heterocycles. The van der Waals surface area contributed by atoms with Crippen molar-refractivity contribution in [3.8, 4) is 11.5 Å². The molecule has 122 valence electrons. The van der Waals surface area contributed by atoms with E-state index in [0.29, 0.717) is 11.1 Å². The van der Waals surface area contributed by atoms with Crippen LogP contribution in [0.15, 0.2) is 42.6 Å². The minimum Gasteiger partial charge on any atom is -0.454 e. The number of hydrogen-bond donors (Lipinski definition) is 0. The van der Waals surface area contributed by atoms with Crippen molar-refractivity contribution in [3.63, 3.8) is 0 Å². The second-order valence-electron chi connectivity index (χ2n) is 6.14. The summed E-state index contributed by atoms with van der Waals surface area (Å²) in [5.41, 5.74) is 2.08. The van der Waals surface area contributed by atoms with Crippen molar-refractivity contribution in [2.24, 2.45) is 0 Å². The summed E-state index contributed by atoms with van der Waals surface area (Å²) >= 11 is 6.26. The van der Waals surface area contributed by atoms with Gasteiger partial charge >= 0.3 is 0 Å². The number of halogens is 2. The monoisotopic (exact) mass is 344 g/mol. The minimum absolute atomic E-state index is 0.266. The van der Waals surface area contributed by atoms with E-state index in [1.165, 1.54) is 12.1 Å². The van der Waals surface area contributed by atoms with E-state index in [4.69, 9.17) is 21.1 Å². The summed E-state index contributed by atoms with van der Waals surface area (Å²) in [6.45, 7) is 2.03. The van der Waals surface area contributed by atoms with Gasteiger partial charge in [-0.3, -0.25) is 0 Å². The van der Waals surface area contributed by atoms with Crippen molar-refractivity contribution in [2.45, 2.75) is 6.04 Å². The predicted octanol–water partition coefficient (Wildman–Crippen LogP) is 4.22. The Kier molecular flexibility index (Phi) is 2.94. The van der Waals surface area contributed by atoms with Gasteiger partial charge in [0.2, 0.25) is 6.79 Å². The van der Waals surface area contributed by atoms with Crippen molar-refractivity contribution in [2.75, 3.05) is 24.8 Å². The molecule has 4 nitrogen and oxygen atoms in total. The highest BCUT2D eigenvalue weighted by Gasteiger charge is 2.30. The maximum Gasteiger partial charge on any atom is 0.231 e. The number of benzene rings is 2. The van der Waals surface area contributed by atoms with Gasteiger partial charge in [0.05, 0.1) is 16.6 Å². The van der Waals surface area contributed by atoms with Gasteiger partial charge in [0, 0.05) is 36.4 Å². The van der Waals surface area contributed by atoms with Crippen LogP contribution in [-0.2, 0) is 0 Å². The van der Waals surface area contributed by atoms with Crippen LogP contribution in [0.3, 0.4) is 0 Å². The van der Waals surface area contributed by atoms with Crippen LogP contribution < -0.4 is 14.4 Å². The molecule has 0 radical (unpaired) electrons. The molecule has 0 spiro atoms. The first-order valence-corrected chi connectivity index (χ1v) is 8.17. The molecule has 0 unspecified atom stereocenters. The molecule has 0 saturated carbocycles. The molecule has 24 heavy (non-hydrogen) atoms. The number of anilines is 1. The van der Waals surface area contributed by atoms with E-state index < -0.39 is 0 Å². The average molecular weight is 345 g/mol. The lowest BCUT2D eigenvalue weighted by molar-refractivity contribution is 0.174. The summed E-state index contributed by atoms with van der Waals surface area (Å²) in [5.74, 6) is 1.32. The maximum absolute atomic E-state index is 13.4. The predicted molar refractivity (Wildman–Crippen MR) is 90.7 cm³/mol. The van der Waals surface area contributed by atoms with E-state index in [1.54, 1.807) is 6.07 Å². The number of hydrogen-bond acceptors (Lipinski definition) is 3. The normalized spacial score (nSPS) is 16.7. The summed E-state index contributed by atoms with van der Waals surface area (Å²) in [4.78, 5) is 2.27. The zero-order valence-corrected chi connectivity index (χ0v) is 13.5. The fourth-order valence-corrected chi connectivity index (χ4v) is 3.67. The van der Waals surface area contributed by atoms with Gasteiger partial charge in [-0.2, -0.15) is 0 Å². The zero-order chi connectivity index (χ0) is 16.3. The Balaban J connectivity index is 1.40. The molecule has 1 fully saturated rings. The molecule has 1 saturated heterocycles. The number of fused-ring (bicyclic) bond motifs is 2. The first kappa shape index (κ1) is 14.0. The molecule has 0 aliphatic carbocycles. The molecule has 3 heterocycles. The van der Waals surface area contributed by atoms with Gasteiger partial charge in [-0.25, -0.2) is 4.39 Å². The molecule has 6 heteroatoms. The summed E-state index contributed by atoms with van der Waals surface area (Å²) < 4.78 is 26.3. The van der Waals surface area contributed by atoms with Gasteiger partial charge in [-0.15, -0.1) is 0 Å². The van der Waals surface area contributed by atoms with Gasteiger partial charge in [0.25, 0.3) is 0 Å². The number of aromatic nitrogens is 1. The van der Waals surface area contributed by atoms with Gasteiger partial charge in [-0.05, 0) is 30.3 Å². The third-order valence-corrected chi connectivity index (χ3v) is 5.02. The second kappa shape index (κ2) is 5.05. The topological polar surface area (TPSA) is 26.6 Å². The Morgan fingerprint density at radius 3 is 2.75 bits per heavy atom. The van der Waals surface area contributed by atoms with Crippen LogP contribution in [0.25, 0.3) is 10.9 Å². The molecule has 1 aromatic heterocycles. The Labute approximate surface area is 142 Å². The van der Waals surface area contributed by atoms with Crippen LogP contribution in [0, 0.1) is 5.82 Å². The van der Waals surface area contributed by atoms with Crippen molar-refractivity contribution in [3.05, 3.63) is 53.4 Å². The molecule has 3 aromatic rings. The quantitative estimate of drug-likeness (QED) is 0.696. The molecule has 2 aromatic carbocycles. The molecule has 0 atom stereocenters. The molecule has 0 amide bonds. The molecule has 2 aliphatic rings. The molecular weight excluding hydrogens is 331 g/mol. The minimum atomic E-state index is -0.266. The first-order valence-electron chi connectivity index (χ1n) is 7.79. The molecule has 0 bridgehead atoms. The van der Waals surface area contributed by atoms with Gasteiger partial charge in [-0.1, -0.05) is 11.6 Å². The van der Waals surface area contributed by atoms with Gasteiger partial charge < -0.3 is 18.9 Å². The summed E-state index contributed by atoms with van der Waals surface area (Å²) in [5, 5.41) is 1.35. The van der Waals surface area contributed by atoms with Crippen molar-refractivity contribution in [1.29, 1.82) is 0 Å². The Morgan fingerprint density at radius 2 is 1.88 bits per heavy atom. The van der Waals surface area contributed by atoms with Crippen LogP contribution >= 0.6 is 11.6 Å². The zero-order valence-electron chi connectivity index (χ0n) is 12.7. The van der Waals surface area contributed by atoms with E-state index in [9.17, 15) is 4.39 Å². The van der Waals surface area contributed by atoms with E-state index >= 15 is 0 Å². The van der Waals surface area contributed by atoms with Gasteiger partial charge in [0.15, 0.2) is 11.5 Å². The Bertz CT molecular complexity index is 950. The summed E-state index contributed by atoms with van der Waals surface area (Å²) in [6.07, 6.45) is 1.90. The largest absolute Gasteiger partial charge is 0.454 e. The number of rotatable bonds is 2. The number of ether oxygens (including phenoxy) is 2. The fourth-order valence-electron chi connectivity index (χ4n) is 3.41. The summed E-state index contributed by atoms with van der Waals surface area (Å²) in [7, 11) is 0. The standard InChI is InChI=1S/C18H14ClFN2O2/c19-15-9-22(16-3-1-11(20)5-14(15)16)13-7-21(8-13)12-2-4-17-18(6-12)24-10-23-17/h1-6,9,13H,7-8,10H2. The lowest BCUT2D eigenvalue weighted by atomic mass is 10.1. The third-order valence-electron chi connectivity index (χ3n) is 4.72. The average Bonchev–Trinajstić information content (AvgIpc) is 3.11. The van der Waals surface area contributed by atoms with Crippen LogP contribution in [0.4, 0.5) is 10.1 Å². The van der Waals surface area contributed by atoms with Crippen molar-refractivity contribution < 1.29 is 13.9 Å². The van der Waals surface area contributed by atoms with Gasteiger partial charge in [0.1, 0.15) is 5.82 Å². The van der Waals surface area contributed by atoms with Crippen LogP contribution in [0.5, 0.6) is 11.5 Å². The third kappa shape index (κ3) is 2.04. The van der Waals surface area contributed by atoms with E-state index in [1.807, 2.05) is 24.4 Å². The van der Waals surface area contributed by atoms with Crippen LogP contribution in [-0.4, -0.2) is 24.4 Å². The maximum atomic E-state index is 13.4. The molecular formula is C18H14ClFN2O2. The lowest BCUT2D eigenvalue weighted by Gasteiger charge is -2.42. The number of nitrogens with zero attached hydrogens (tertiary/aromatic N) is 2. The highest BCUT2D eigenvalue weighted by Crippen LogP contribution is 2.39. The molecule has 5 rings (SSSR count). The second-order valence-corrected chi connectivity index (χ2v) is 6.55. The Morgan fingerprint density at radius 1 is 1.04 bits per heavy atom. The highest BCUT2D eigenvalue weighted by molar-refractivity contribution is 6.35. The SMILES string of the molecule is Fc1ccc2c(c1)c(Cl)cn2C1CN(c2ccc3c(c2)OCO3)C1. The molecule has 0 N–H and O–H groups in total. The van der Waals surface area contributed by atoms with Crippen LogP contribution in [0.1, 0.15) is 6.04 Å². The van der Waals surface area contributed by atoms with E-state index in [-0.39, 0.29) is 12.6 Å².